The fourth-order valence-electron chi connectivity index (χ4n) is 2.89. The molecule has 5 heteroatoms. The van der Waals surface area contributed by atoms with E-state index in [1.165, 1.54) is 4.90 Å². The predicted octanol–water partition coefficient (Wildman–Crippen LogP) is 0.195. The zero-order chi connectivity index (χ0) is 13.1. The van der Waals surface area contributed by atoms with Crippen molar-refractivity contribution >= 4 is 11.8 Å². The maximum atomic E-state index is 12.0. The van der Waals surface area contributed by atoms with Crippen LogP contribution in [0.1, 0.15) is 32.6 Å². The molecule has 0 aromatic heterocycles. The van der Waals surface area contributed by atoms with E-state index in [1.807, 2.05) is 0 Å². The van der Waals surface area contributed by atoms with Gasteiger partial charge in [-0.05, 0) is 18.8 Å². The molecule has 102 valence electrons. The first-order valence-electron chi connectivity index (χ1n) is 6.93. The molecule has 0 radical (unpaired) electrons. The van der Waals surface area contributed by atoms with E-state index in [0.717, 1.165) is 32.4 Å². The molecule has 2 unspecified atom stereocenters. The Morgan fingerprint density at radius 2 is 2.22 bits per heavy atom. The number of imide groups is 1. The Labute approximate surface area is 108 Å². The average molecular weight is 253 g/mol. The molecule has 0 spiro atoms. The van der Waals surface area contributed by atoms with Gasteiger partial charge >= 0.3 is 0 Å². The van der Waals surface area contributed by atoms with E-state index in [0.29, 0.717) is 25.4 Å². The number of rotatable bonds is 3. The fraction of sp³-hybridized carbons (Fsp3) is 0.846. The molecule has 0 aromatic rings. The highest BCUT2D eigenvalue weighted by molar-refractivity contribution is 5.97. The van der Waals surface area contributed by atoms with Crippen molar-refractivity contribution < 1.29 is 9.59 Å². The number of piperidine rings is 1. The van der Waals surface area contributed by atoms with Gasteiger partial charge in [-0.3, -0.25) is 19.4 Å². The van der Waals surface area contributed by atoms with Crippen molar-refractivity contribution in [1.82, 2.24) is 9.80 Å². The molecule has 0 aromatic carbocycles. The normalized spacial score (nSPS) is 29.9. The van der Waals surface area contributed by atoms with Gasteiger partial charge < -0.3 is 5.73 Å². The SMILES string of the molecule is CCC1CN(CC(=O)N2CCCC2=O)CCC1N. The third-order valence-electron chi connectivity index (χ3n) is 4.13. The molecule has 2 N–H and O–H groups in total. The lowest BCUT2D eigenvalue weighted by atomic mass is 9.91. The average Bonchev–Trinajstić information content (AvgIpc) is 2.78. The molecule has 2 fully saturated rings. The van der Waals surface area contributed by atoms with Gasteiger partial charge in [-0.25, -0.2) is 0 Å². The molecule has 5 nitrogen and oxygen atoms in total. The van der Waals surface area contributed by atoms with Crippen molar-refractivity contribution in [2.75, 3.05) is 26.2 Å². The van der Waals surface area contributed by atoms with Crippen LogP contribution in [0, 0.1) is 5.92 Å². The Hall–Kier alpha value is -0.940. The number of hydrogen-bond donors (Lipinski definition) is 1. The van der Waals surface area contributed by atoms with Gasteiger partial charge in [0, 0.05) is 32.1 Å². The summed E-state index contributed by atoms with van der Waals surface area (Å²) in [5, 5.41) is 0. The van der Waals surface area contributed by atoms with Crippen LogP contribution in [0.15, 0.2) is 0 Å². The van der Waals surface area contributed by atoms with Crippen LogP contribution >= 0.6 is 0 Å². The van der Waals surface area contributed by atoms with Gasteiger partial charge in [-0.15, -0.1) is 0 Å². The second-order valence-corrected chi connectivity index (χ2v) is 5.40. The second kappa shape index (κ2) is 5.80. The maximum Gasteiger partial charge on any atom is 0.243 e. The van der Waals surface area contributed by atoms with E-state index in [2.05, 4.69) is 11.8 Å². The predicted molar refractivity (Wildman–Crippen MR) is 68.8 cm³/mol. The topological polar surface area (TPSA) is 66.6 Å². The summed E-state index contributed by atoms with van der Waals surface area (Å²) in [6.45, 7) is 4.86. The summed E-state index contributed by atoms with van der Waals surface area (Å²) in [6.07, 6.45) is 3.33. The van der Waals surface area contributed by atoms with Gasteiger partial charge in [-0.1, -0.05) is 13.3 Å². The van der Waals surface area contributed by atoms with Crippen LogP contribution in [-0.4, -0.2) is 53.8 Å². The van der Waals surface area contributed by atoms with Gasteiger partial charge in [0.05, 0.1) is 6.54 Å². The molecule has 2 atom stereocenters. The Kier molecular flexibility index (Phi) is 4.35. The van der Waals surface area contributed by atoms with E-state index >= 15 is 0 Å². The number of nitrogens with two attached hydrogens (primary N) is 1. The van der Waals surface area contributed by atoms with Crippen molar-refractivity contribution in [3.8, 4) is 0 Å². The summed E-state index contributed by atoms with van der Waals surface area (Å²) in [4.78, 5) is 27.1. The van der Waals surface area contributed by atoms with Crippen molar-refractivity contribution in [3.63, 3.8) is 0 Å². The molecule has 2 rings (SSSR count). The fourth-order valence-corrected chi connectivity index (χ4v) is 2.89. The molecule has 2 saturated heterocycles. The molecule has 2 aliphatic rings. The highest BCUT2D eigenvalue weighted by Gasteiger charge is 2.30. The Bertz CT molecular complexity index is 332. The number of nitrogens with zero attached hydrogens (tertiary/aromatic N) is 2. The van der Waals surface area contributed by atoms with Crippen molar-refractivity contribution in [2.45, 2.75) is 38.6 Å². The summed E-state index contributed by atoms with van der Waals surface area (Å²) in [7, 11) is 0. The molecule has 0 aliphatic carbocycles. The number of hydrogen-bond acceptors (Lipinski definition) is 4. The maximum absolute atomic E-state index is 12.0. The Morgan fingerprint density at radius 3 is 2.83 bits per heavy atom. The zero-order valence-electron chi connectivity index (χ0n) is 11.1. The first kappa shape index (κ1) is 13.5. The molecular formula is C13H23N3O2. The van der Waals surface area contributed by atoms with E-state index in [4.69, 9.17) is 5.73 Å². The van der Waals surface area contributed by atoms with Crippen LogP contribution < -0.4 is 5.73 Å². The molecule has 0 saturated carbocycles. The van der Waals surface area contributed by atoms with Crippen LogP contribution in [-0.2, 0) is 9.59 Å². The van der Waals surface area contributed by atoms with Crippen LogP contribution in [0.4, 0.5) is 0 Å². The lowest BCUT2D eigenvalue weighted by Crippen LogP contribution is -2.50. The van der Waals surface area contributed by atoms with Crippen LogP contribution in [0.5, 0.6) is 0 Å². The summed E-state index contributed by atoms with van der Waals surface area (Å²) in [6, 6.07) is 0.259. The van der Waals surface area contributed by atoms with Gasteiger partial charge in [0.15, 0.2) is 0 Å². The first-order valence-corrected chi connectivity index (χ1v) is 6.93. The molecular weight excluding hydrogens is 230 g/mol. The van der Waals surface area contributed by atoms with E-state index in [9.17, 15) is 9.59 Å². The molecule has 18 heavy (non-hydrogen) atoms. The highest BCUT2D eigenvalue weighted by Crippen LogP contribution is 2.19. The molecule has 0 bridgehead atoms. The zero-order valence-corrected chi connectivity index (χ0v) is 11.1. The number of carbonyl (C=O) groups is 2. The van der Waals surface area contributed by atoms with E-state index in [-0.39, 0.29) is 17.9 Å². The number of amides is 2. The molecule has 2 heterocycles. The first-order chi connectivity index (χ1) is 8.61. The monoisotopic (exact) mass is 253 g/mol. The second-order valence-electron chi connectivity index (χ2n) is 5.40. The van der Waals surface area contributed by atoms with Crippen LogP contribution in [0.2, 0.25) is 0 Å². The summed E-state index contributed by atoms with van der Waals surface area (Å²) >= 11 is 0. The van der Waals surface area contributed by atoms with Crippen molar-refractivity contribution in [3.05, 3.63) is 0 Å². The largest absolute Gasteiger partial charge is 0.327 e. The lowest BCUT2D eigenvalue weighted by molar-refractivity contribution is -0.142. The van der Waals surface area contributed by atoms with Crippen molar-refractivity contribution in [2.24, 2.45) is 11.7 Å². The van der Waals surface area contributed by atoms with Gasteiger partial charge in [0.1, 0.15) is 0 Å². The van der Waals surface area contributed by atoms with E-state index < -0.39 is 0 Å². The quantitative estimate of drug-likeness (QED) is 0.780. The van der Waals surface area contributed by atoms with Crippen LogP contribution in [0.25, 0.3) is 0 Å². The van der Waals surface area contributed by atoms with Gasteiger partial charge in [0.25, 0.3) is 0 Å². The molecule has 2 amide bonds. The van der Waals surface area contributed by atoms with Crippen LogP contribution in [0.3, 0.4) is 0 Å². The van der Waals surface area contributed by atoms with Gasteiger partial charge in [-0.2, -0.15) is 0 Å². The third-order valence-corrected chi connectivity index (χ3v) is 4.13. The minimum atomic E-state index is -0.0391. The molecule has 2 aliphatic heterocycles. The standard InChI is InChI=1S/C13H23N3O2/c1-2-10-8-15(7-5-11(10)14)9-13(18)16-6-3-4-12(16)17/h10-11H,2-9,14H2,1H3. The summed E-state index contributed by atoms with van der Waals surface area (Å²) in [5.74, 6) is 0.421. The third kappa shape index (κ3) is 2.90. The Balaban J connectivity index is 1.86. The van der Waals surface area contributed by atoms with Crippen molar-refractivity contribution in [1.29, 1.82) is 0 Å². The smallest absolute Gasteiger partial charge is 0.243 e. The van der Waals surface area contributed by atoms with Gasteiger partial charge in [0.2, 0.25) is 11.8 Å². The highest BCUT2D eigenvalue weighted by atomic mass is 16.2. The lowest BCUT2D eigenvalue weighted by Gasteiger charge is -2.36. The van der Waals surface area contributed by atoms with E-state index in [1.54, 1.807) is 0 Å². The minimum Gasteiger partial charge on any atom is -0.327 e. The summed E-state index contributed by atoms with van der Waals surface area (Å²) < 4.78 is 0. The summed E-state index contributed by atoms with van der Waals surface area (Å²) in [5.41, 5.74) is 6.05. The number of likely N-dealkylation sites (tertiary alicyclic amines) is 2. The number of carbonyl (C=O) groups excluding carboxylic acids is 2. The minimum absolute atomic E-state index is 0.0132. The Morgan fingerprint density at radius 1 is 1.44 bits per heavy atom.